The summed E-state index contributed by atoms with van der Waals surface area (Å²) in [6.45, 7) is 14.0. The van der Waals surface area contributed by atoms with Crippen LogP contribution in [0.2, 0.25) is 0 Å². The Hall–Kier alpha value is -1.03. The van der Waals surface area contributed by atoms with Crippen molar-refractivity contribution >= 4 is 6.09 Å². The fraction of sp³-hybridized carbons (Fsp3) is 0.842. The van der Waals surface area contributed by atoms with Crippen LogP contribution in [0.4, 0.5) is 4.79 Å². The molecule has 1 aliphatic carbocycles. The Balaban J connectivity index is 2.26. The van der Waals surface area contributed by atoms with Crippen LogP contribution < -0.4 is 10.6 Å². The van der Waals surface area contributed by atoms with E-state index in [0.717, 1.165) is 12.5 Å². The van der Waals surface area contributed by atoms with Gasteiger partial charge < -0.3 is 15.4 Å². The Labute approximate surface area is 142 Å². The third kappa shape index (κ3) is 8.40. The summed E-state index contributed by atoms with van der Waals surface area (Å²) in [5.41, 5.74) is -0.0849. The van der Waals surface area contributed by atoms with Crippen molar-refractivity contribution in [1.29, 1.82) is 0 Å². The molecule has 1 fully saturated rings. The predicted octanol–water partition coefficient (Wildman–Crippen LogP) is 4.26. The average Bonchev–Trinajstić information content (AvgIpc) is 2.40. The minimum Gasteiger partial charge on any atom is -0.444 e. The predicted molar refractivity (Wildman–Crippen MR) is 96.6 cm³/mol. The number of hydrogen-bond donors (Lipinski definition) is 2. The van der Waals surface area contributed by atoms with Crippen LogP contribution in [0.1, 0.15) is 67.2 Å². The molecule has 0 heterocycles. The lowest BCUT2D eigenvalue weighted by molar-refractivity contribution is 0.0534. The summed E-state index contributed by atoms with van der Waals surface area (Å²) in [7, 11) is 0. The number of hydrogen-bond acceptors (Lipinski definition) is 3. The second-order valence-corrected chi connectivity index (χ2v) is 8.63. The maximum absolute atomic E-state index is 11.5. The Morgan fingerprint density at radius 3 is 2.26 bits per heavy atom. The summed E-state index contributed by atoms with van der Waals surface area (Å²) in [6, 6.07) is 0.604. The first kappa shape index (κ1) is 20.0. The Morgan fingerprint density at radius 2 is 1.65 bits per heavy atom. The lowest BCUT2D eigenvalue weighted by Gasteiger charge is -2.40. The van der Waals surface area contributed by atoms with Crippen LogP contribution in [0.15, 0.2) is 12.2 Å². The standard InChI is InChI=1S/C19H36N2O2/c1-18(2,3)15-11-7-8-12-16(15)20-13-9-10-14-21-17(22)23-19(4,5)6/h9-10,15-16,20H,7-8,11-14H2,1-6H3,(H,21,22)/b10-9+. The minimum absolute atomic E-state index is 0.361. The molecule has 2 atom stereocenters. The molecule has 1 rings (SSSR count). The molecule has 0 aromatic rings. The maximum atomic E-state index is 11.5. The van der Waals surface area contributed by atoms with Gasteiger partial charge in [-0.3, -0.25) is 0 Å². The van der Waals surface area contributed by atoms with Gasteiger partial charge in [0, 0.05) is 19.1 Å². The van der Waals surface area contributed by atoms with E-state index in [1.165, 1.54) is 25.7 Å². The highest BCUT2D eigenvalue weighted by atomic mass is 16.6. The van der Waals surface area contributed by atoms with Crippen molar-refractivity contribution in [2.45, 2.75) is 78.9 Å². The summed E-state index contributed by atoms with van der Waals surface area (Å²) in [5, 5.41) is 6.41. The van der Waals surface area contributed by atoms with E-state index < -0.39 is 5.60 Å². The maximum Gasteiger partial charge on any atom is 0.407 e. The van der Waals surface area contributed by atoms with Gasteiger partial charge >= 0.3 is 6.09 Å². The van der Waals surface area contributed by atoms with Gasteiger partial charge in [0.05, 0.1) is 0 Å². The molecule has 4 nitrogen and oxygen atoms in total. The molecule has 2 N–H and O–H groups in total. The molecule has 0 aromatic heterocycles. The molecular formula is C19H36N2O2. The van der Waals surface area contributed by atoms with Crippen molar-refractivity contribution in [3.05, 3.63) is 12.2 Å². The molecule has 1 saturated carbocycles. The van der Waals surface area contributed by atoms with Crippen LogP contribution in [0.25, 0.3) is 0 Å². The number of amides is 1. The number of ether oxygens (including phenoxy) is 1. The first-order valence-corrected chi connectivity index (χ1v) is 8.95. The van der Waals surface area contributed by atoms with Crippen molar-refractivity contribution in [3.63, 3.8) is 0 Å². The highest BCUT2D eigenvalue weighted by Gasteiger charge is 2.33. The molecule has 1 aliphatic rings. The first-order valence-electron chi connectivity index (χ1n) is 8.95. The highest BCUT2D eigenvalue weighted by Crippen LogP contribution is 2.37. The van der Waals surface area contributed by atoms with Gasteiger partial charge in [0.2, 0.25) is 0 Å². The van der Waals surface area contributed by atoms with Crippen LogP contribution in [-0.2, 0) is 4.74 Å². The van der Waals surface area contributed by atoms with E-state index in [9.17, 15) is 4.79 Å². The SMILES string of the molecule is CC(C)(C)OC(=O)NC/C=C/CNC1CCCCC1C(C)(C)C. The summed E-state index contributed by atoms with van der Waals surface area (Å²) < 4.78 is 5.19. The number of carbonyl (C=O) groups excluding carboxylic acids is 1. The van der Waals surface area contributed by atoms with E-state index >= 15 is 0 Å². The normalized spacial score (nSPS) is 23.0. The molecule has 0 bridgehead atoms. The summed E-state index contributed by atoms with van der Waals surface area (Å²) in [6.07, 6.45) is 8.98. The Kier molecular flexibility index (Phi) is 7.59. The van der Waals surface area contributed by atoms with Gasteiger partial charge in [0.25, 0.3) is 0 Å². The minimum atomic E-state index is -0.446. The van der Waals surface area contributed by atoms with Crippen LogP contribution in [0.3, 0.4) is 0 Å². The monoisotopic (exact) mass is 324 g/mol. The van der Waals surface area contributed by atoms with E-state index in [0.29, 0.717) is 18.0 Å². The largest absolute Gasteiger partial charge is 0.444 e. The van der Waals surface area contributed by atoms with Crippen molar-refractivity contribution < 1.29 is 9.53 Å². The van der Waals surface area contributed by atoms with Crippen molar-refractivity contribution in [3.8, 4) is 0 Å². The highest BCUT2D eigenvalue weighted by molar-refractivity contribution is 5.67. The van der Waals surface area contributed by atoms with Gasteiger partial charge in [0.15, 0.2) is 0 Å². The third-order valence-corrected chi connectivity index (χ3v) is 4.31. The van der Waals surface area contributed by atoms with E-state index in [1.54, 1.807) is 0 Å². The number of carbonyl (C=O) groups is 1. The second kappa shape index (κ2) is 8.72. The van der Waals surface area contributed by atoms with E-state index in [1.807, 2.05) is 26.8 Å². The zero-order chi connectivity index (χ0) is 17.5. The molecule has 4 heteroatoms. The van der Waals surface area contributed by atoms with Crippen LogP contribution >= 0.6 is 0 Å². The van der Waals surface area contributed by atoms with Gasteiger partial charge in [-0.1, -0.05) is 45.8 Å². The van der Waals surface area contributed by atoms with Gasteiger partial charge in [-0.2, -0.15) is 0 Å². The lowest BCUT2D eigenvalue weighted by Crippen LogP contribution is -2.44. The number of rotatable bonds is 5. The molecule has 0 radical (unpaired) electrons. The Morgan fingerprint density at radius 1 is 1.04 bits per heavy atom. The van der Waals surface area contributed by atoms with Crippen LogP contribution in [0, 0.1) is 11.3 Å². The zero-order valence-corrected chi connectivity index (χ0v) is 15.9. The van der Waals surface area contributed by atoms with Crippen molar-refractivity contribution in [1.82, 2.24) is 10.6 Å². The fourth-order valence-corrected chi connectivity index (χ4v) is 3.25. The van der Waals surface area contributed by atoms with Crippen LogP contribution in [0.5, 0.6) is 0 Å². The quantitative estimate of drug-likeness (QED) is 0.743. The molecule has 0 aliphatic heterocycles. The molecule has 2 unspecified atom stereocenters. The van der Waals surface area contributed by atoms with Crippen LogP contribution in [-0.4, -0.2) is 30.8 Å². The zero-order valence-electron chi connectivity index (χ0n) is 15.9. The molecule has 1 amide bonds. The second-order valence-electron chi connectivity index (χ2n) is 8.63. The molecule has 0 saturated heterocycles. The Bertz CT molecular complexity index is 391. The summed E-state index contributed by atoms with van der Waals surface area (Å²) in [4.78, 5) is 11.5. The average molecular weight is 325 g/mol. The molecule has 0 spiro atoms. The fourth-order valence-electron chi connectivity index (χ4n) is 3.25. The first-order chi connectivity index (χ1) is 10.6. The molecule has 23 heavy (non-hydrogen) atoms. The summed E-state index contributed by atoms with van der Waals surface area (Å²) >= 11 is 0. The lowest BCUT2D eigenvalue weighted by atomic mass is 9.69. The number of nitrogens with one attached hydrogen (secondary N) is 2. The van der Waals surface area contributed by atoms with Gasteiger partial charge in [-0.15, -0.1) is 0 Å². The molecule has 0 aromatic carbocycles. The topological polar surface area (TPSA) is 50.4 Å². The van der Waals surface area contributed by atoms with E-state index in [-0.39, 0.29) is 6.09 Å². The van der Waals surface area contributed by atoms with Gasteiger partial charge in [-0.05, 0) is 44.9 Å². The van der Waals surface area contributed by atoms with E-state index in [4.69, 9.17) is 4.74 Å². The van der Waals surface area contributed by atoms with Crippen molar-refractivity contribution in [2.75, 3.05) is 13.1 Å². The number of alkyl carbamates (subject to hydrolysis) is 1. The third-order valence-electron chi connectivity index (χ3n) is 4.31. The van der Waals surface area contributed by atoms with Gasteiger partial charge in [0.1, 0.15) is 5.60 Å². The summed E-state index contributed by atoms with van der Waals surface area (Å²) in [5.74, 6) is 0.740. The van der Waals surface area contributed by atoms with Gasteiger partial charge in [-0.25, -0.2) is 4.79 Å². The van der Waals surface area contributed by atoms with E-state index in [2.05, 4.69) is 37.5 Å². The molecule has 134 valence electrons. The smallest absolute Gasteiger partial charge is 0.407 e. The molecular weight excluding hydrogens is 288 g/mol. The van der Waals surface area contributed by atoms with Crippen molar-refractivity contribution in [2.24, 2.45) is 11.3 Å².